The van der Waals surface area contributed by atoms with E-state index in [9.17, 15) is 8.42 Å². The topological polar surface area (TPSA) is 62.6 Å². The number of rotatable bonds is 5. The van der Waals surface area contributed by atoms with Crippen molar-refractivity contribution in [3.63, 3.8) is 0 Å². The minimum absolute atomic E-state index is 0.261. The van der Waals surface area contributed by atoms with Gasteiger partial charge in [-0.15, -0.1) is 0 Å². The second-order valence-electron chi connectivity index (χ2n) is 5.36. The maximum atomic E-state index is 11.6. The van der Waals surface area contributed by atoms with Crippen LogP contribution in [0.4, 0.5) is 0 Å². The second-order valence-corrected chi connectivity index (χ2v) is 7.66. The Morgan fingerprint density at radius 3 is 2.90 bits per heavy atom. The molecule has 2 rings (SSSR count). The molecule has 1 aliphatic rings. The summed E-state index contributed by atoms with van der Waals surface area (Å²) < 4.78 is 28.9. The van der Waals surface area contributed by atoms with Gasteiger partial charge in [0.2, 0.25) is 0 Å². The molecule has 1 aromatic heterocycles. The number of hydrogen-bond acceptors (Lipinski definition) is 5. The van der Waals surface area contributed by atoms with E-state index in [0.717, 1.165) is 31.2 Å². The average Bonchev–Trinajstić information content (AvgIpc) is 2.63. The Balaban J connectivity index is 1.96. The number of sulfone groups is 1. The molecule has 0 aromatic carbocycles. The lowest BCUT2D eigenvalue weighted by atomic mass is 10.2. The molecule has 0 bridgehead atoms. The van der Waals surface area contributed by atoms with Crippen LogP contribution in [-0.2, 0) is 22.9 Å². The quantitative estimate of drug-likeness (QED) is 0.888. The van der Waals surface area contributed by atoms with Crippen molar-refractivity contribution in [2.45, 2.75) is 33.4 Å². The van der Waals surface area contributed by atoms with E-state index in [1.165, 1.54) is 5.56 Å². The summed E-state index contributed by atoms with van der Waals surface area (Å²) in [6, 6.07) is 2.08. The first kappa shape index (κ1) is 15.5. The summed E-state index contributed by atoms with van der Waals surface area (Å²) in [7, 11) is -2.84. The van der Waals surface area contributed by atoms with Gasteiger partial charge in [0, 0.05) is 18.7 Å². The molecule has 5 nitrogen and oxygen atoms in total. The van der Waals surface area contributed by atoms with Crippen molar-refractivity contribution in [1.82, 2.24) is 10.2 Å². The van der Waals surface area contributed by atoms with Gasteiger partial charge in [-0.3, -0.25) is 4.90 Å². The maximum absolute atomic E-state index is 11.6. The van der Waals surface area contributed by atoms with Crippen LogP contribution in [-0.4, -0.2) is 44.5 Å². The van der Waals surface area contributed by atoms with E-state index in [2.05, 4.69) is 23.2 Å². The molecule has 0 aliphatic carbocycles. The van der Waals surface area contributed by atoms with Gasteiger partial charge in [-0.25, -0.2) is 8.42 Å². The summed E-state index contributed by atoms with van der Waals surface area (Å²) >= 11 is 0. The Morgan fingerprint density at radius 1 is 1.35 bits per heavy atom. The standard InChI is InChI=1S/C14H24N2O3S/c1-3-15-10-13-9-14(19-12(13)2)11-16-5-4-7-20(17,18)8-6-16/h9,15H,3-8,10-11H2,1-2H3. The number of nitrogens with one attached hydrogen (secondary N) is 1. The van der Waals surface area contributed by atoms with Gasteiger partial charge < -0.3 is 9.73 Å². The van der Waals surface area contributed by atoms with Crippen molar-refractivity contribution in [2.75, 3.05) is 31.1 Å². The summed E-state index contributed by atoms with van der Waals surface area (Å²) in [5, 5.41) is 3.29. The Morgan fingerprint density at radius 2 is 2.15 bits per heavy atom. The van der Waals surface area contributed by atoms with E-state index in [1.807, 2.05) is 6.92 Å². The molecular formula is C14H24N2O3S. The zero-order valence-electron chi connectivity index (χ0n) is 12.3. The first-order valence-corrected chi connectivity index (χ1v) is 9.04. The molecule has 1 saturated heterocycles. The molecule has 0 unspecified atom stereocenters. The van der Waals surface area contributed by atoms with Gasteiger partial charge in [0.05, 0.1) is 18.1 Å². The van der Waals surface area contributed by atoms with Gasteiger partial charge in [0.25, 0.3) is 0 Å². The molecule has 1 fully saturated rings. The lowest BCUT2D eigenvalue weighted by Gasteiger charge is -2.17. The predicted octanol–water partition coefficient (Wildman–Crippen LogP) is 1.32. The molecule has 0 radical (unpaired) electrons. The third-order valence-corrected chi connectivity index (χ3v) is 5.38. The first-order chi connectivity index (χ1) is 9.50. The predicted molar refractivity (Wildman–Crippen MR) is 79.4 cm³/mol. The van der Waals surface area contributed by atoms with Crippen LogP contribution in [0.2, 0.25) is 0 Å². The Bertz CT molecular complexity index is 537. The van der Waals surface area contributed by atoms with Crippen molar-refractivity contribution in [2.24, 2.45) is 0 Å². The maximum Gasteiger partial charge on any atom is 0.151 e. The van der Waals surface area contributed by atoms with Crippen molar-refractivity contribution in [3.8, 4) is 0 Å². The van der Waals surface area contributed by atoms with E-state index in [1.54, 1.807) is 0 Å². The van der Waals surface area contributed by atoms with Gasteiger partial charge in [-0.05, 0) is 32.5 Å². The lowest BCUT2D eigenvalue weighted by Crippen LogP contribution is -2.26. The number of furan rings is 1. The summed E-state index contributed by atoms with van der Waals surface area (Å²) in [5.41, 5.74) is 1.18. The molecule has 1 aliphatic heterocycles. The van der Waals surface area contributed by atoms with Crippen LogP contribution in [0, 0.1) is 6.92 Å². The van der Waals surface area contributed by atoms with Crippen LogP contribution >= 0.6 is 0 Å². The highest BCUT2D eigenvalue weighted by Crippen LogP contribution is 2.17. The zero-order valence-corrected chi connectivity index (χ0v) is 13.1. The highest BCUT2D eigenvalue weighted by Gasteiger charge is 2.20. The van der Waals surface area contributed by atoms with Crippen LogP contribution < -0.4 is 5.32 Å². The number of nitrogens with zero attached hydrogens (tertiary/aromatic N) is 1. The largest absolute Gasteiger partial charge is 0.465 e. The second kappa shape index (κ2) is 6.74. The molecule has 0 spiro atoms. The van der Waals surface area contributed by atoms with E-state index in [4.69, 9.17) is 4.42 Å². The third kappa shape index (κ3) is 4.33. The average molecular weight is 300 g/mol. The minimum Gasteiger partial charge on any atom is -0.465 e. The van der Waals surface area contributed by atoms with Crippen molar-refractivity contribution in [3.05, 3.63) is 23.2 Å². The Labute approximate surface area is 121 Å². The highest BCUT2D eigenvalue weighted by molar-refractivity contribution is 7.91. The molecule has 0 atom stereocenters. The molecule has 6 heteroatoms. The van der Waals surface area contributed by atoms with Gasteiger partial charge in [-0.2, -0.15) is 0 Å². The summed E-state index contributed by atoms with van der Waals surface area (Å²) in [4.78, 5) is 2.17. The highest BCUT2D eigenvalue weighted by atomic mass is 32.2. The SMILES string of the molecule is CCNCc1cc(CN2CCCS(=O)(=O)CC2)oc1C. The molecule has 0 amide bonds. The Hall–Kier alpha value is -0.850. The fourth-order valence-electron chi connectivity index (χ4n) is 2.47. The Kier molecular flexibility index (Phi) is 5.23. The van der Waals surface area contributed by atoms with Gasteiger partial charge >= 0.3 is 0 Å². The molecule has 114 valence electrons. The summed E-state index contributed by atoms with van der Waals surface area (Å²) in [6.45, 7) is 7.93. The summed E-state index contributed by atoms with van der Waals surface area (Å²) in [5.74, 6) is 2.45. The monoisotopic (exact) mass is 300 g/mol. The van der Waals surface area contributed by atoms with Crippen LogP contribution in [0.5, 0.6) is 0 Å². The molecule has 2 heterocycles. The molecule has 1 aromatic rings. The summed E-state index contributed by atoms with van der Waals surface area (Å²) in [6.07, 6.45) is 0.715. The zero-order chi connectivity index (χ0) is 14.6. The van der Waals surface area contributed by atoms with E-state index in [0.29, 0.717) is 25.3 Å². The van der Waals surface area contributed by atoms with Crippen LogP contribution in [0.25, 0.3) is 0 Å². The molecule has 0 saturated carbocycles. The van der Waals surface area contributed by atoms with Crippen LogP contribution in [0.3, 0.4) is 0 Å². The molecular weight excluding hydrogens is 276 g/mol. The van der Waals surface area contributed by atoms with Crippen LogP contribution in [0.1, 0.15) is 30.4 Å². The van der Waals surface area contributed by atoms with Crippen LogP contribution in [0.15, 0.2) is 10.5 Å². The first-order valence-electron chi connectivity index (χ1n) is 7.22. The van der Waals surface area contributed by atoms with Gasteiger partial charge in [0.15, 0.2) is 9.84 Å². The van der Waals surface area contributed by atoms with E-state index >= 15 is 0 Å². The normalized spacial score (nSPS) is 19.9. The fraction of sp³-hybridized carbons (Fsp3) is 0.714. The smallest absolute Gasteiger partial charge is 0.151 e. The van der Waals surface area contributed by atoms with E-state index in [-0.39, 0.29) is 5.75 Å². The third-order valence-electron chi connectivity index (χ3n) is 3.66. The van der Waals surface area contributed by atoms with Gasteiger partial charge in [-0.1, -0.05) is 6.92 Å². The minimum atomic E-state index is -2.84. The number of hydrogen-bond donors (Lipinski definition) is 1. The van der Waals surface area contributed by atoms with Crippen molar-refractivity contribution in [1.29, 1.82) is 0 Å². The van der Waals surface area contributed by atoms with Crippen molar-refractivity contribution < 1.29 is 12.8 Å². The van der Waals surface area contributed by atoms with E-state index < -0.39 is 9.84 Å². The number of aryl methyl sites for hydroxylation is 1. The molecule has 1 N–H and O–H groups in total. The van der Waals surface area contributed by atoms with Gasteiger partial charge in [0.1, 0.15) is 11.5 Å². The van der Waals surface area contributed by atoms with Crippen molar-refractivity contribution >= 4 is 9.84 Å². The fourth-order valence-corrected chi connectivity index (χ4v) is 3.78. The lowest BCUT2D eigenvalue weighted by molar-refractivity contribution is 0.260. The molecule has 20 heavy (non-hydrogen) atoms.